The van der Waals surface area contributed by atoms with Gasteiger partial charge in [0.15, 0.2) is 0 Å². The lowest BCUT2D eigenvalue weighted by atomic mass is 10.0. The lowest BCUT2D eigenvalue weighted by Crippen LogP contribution is -2.45. The lowest BCUT2D eigenvalue weighted by Gasteiger charge is -2.37. The van der Waals surface area contributed by atoms with E-state index in [1.807, 2.05) is 0 Å². The van der Waals surface area contributed by atoms with Gasteiger partial charge in [-0.25, -0.2) is 0 Å². The van der Waals surface area contributed by atoms with Crippen LogP contribution in [0.5, 0.6) is 0 Å². The Hall–Kier alpha value is 0.190. The normalized spacial score (nSPS) is 35.6. The molecule has 2 heterocycles. The first kappa shape index (κ1) is 12.6. The van der Waals surface area contributed by atoms with E-state index in [4.69, 9.17) is 0 Å². The smallest absolute Gasteiger partial charge is 0.295 e. The molecule has 0 aromatic heterocycles. The minimum atomic E-state index is -4.49. The third kappa shape index (κ3) is 3.11. The Morgan fingerprint density at radius 2 is 1.75 bits per heavy atom. The molecule has 2 rings (SSSR count). The zero-order valence-corrected chi connectivity index (χ0v) is 10.4. The molecule has 2 aliphatic rings. The highest BCUT2D eigenvalue weighted by Crippen LogP contribution is 2.38. The number of nitrogens with zero attached hydrogens (tertiary/aromatic N) is 1. The van der Waals surface area contributed by atoms with Gasteiger partial charge in [0.1, 0.15) is 0 Å². The summed E-state index contributed by atoms with van der Waals surface area (Å²) in [5.41, 5.74) is 0. The maximum Gasteiger partial charge on any atom is 0.522 e. The summed E-state index contributed by atoms with van der Waals surface area (Å²) in [6.07, 6.45) is -0.185. The van der Waals surface area contributed by atoms with Crippen LogP contribution in [0, 0.1) is 0 Å². The Morgan fingerprint density at radius 3 is 2.25 bits per heavy atom. The van der Waals surface area contributed by atoms with Crippen LogP contribution < -0.4 is 0 Å². The van der Waals surface area contributed by atoms with Crippen LogP contribution in [0.2, 0.25) is 0 Å². The third-order valence-electron chi connectivity index (χ3n) is 3.44. The molecule has 6 heteroatoms. The second-order valence-corrected chi connectivity index (χ2v) is 5.78. The number of rotatable bonds is 3. The first-order chi connectivity index (χ1) is 7.46. The maximum absolute atomic E-state index is 11.8. The minimum absolute atomic E-state index is 0.247. The van der Waals surface area contributed by atoms with Crippen molar-refractivity contribution in [1.29, 1.82) is 0 Å². The molecular weight excluding hydrogens is 287 g/mol. The predicted octanol–water partition coefficient (Wildman–Crippen LogP) is 2.91. The molecule has 0 aromatic rings. The average Bonchev–Trinajstić information content (AvgIpc) is 2.41. The van der Waals surface area contributed by atoms with Crippen molar-refractivity contribution in [3.8, 4) is 0 Å². The molecule has 2 saturated heterocycles. The van der Waals surface area contributed by atoms with E-state index >= 15 is 0 Å². The van der Waals surface area contributed by atoms with Gasteiger partial charge in [0.05, 0.1) is 6.61 Å². The van der Waals surface area contributed by atoms with Gasteiger partial charge < -0.3 is 0 Å². The van der Waals surface area contributed by atoms with Crippen LogP contribution in [0.3, 0.4) is 0 Å². The van der Waals surface area contributed by atoms with Gasteiger partial charge in [-0.1, -0.05) is 15.9 Å². The van der Waals surface area contributed by atoms with Crippen molar-refractivity contribution in [3.05, 3.63) is 0 Å². The number of ether oxygens (including phenoxy) is 1. The summed E-state index contributed by atoms with van der Waals surface area (Å²) >= 11 is 3.60. The van der Waals surface area contributed by atoms with Crippen molar-refractivity contribution in [2.75, 3.05) is 13.2 Å². The fourth-order valence-electron chi connectivity index (χ4n) is 2.84. The molecule has 94 valence electrons. The summed E-state index contributed by atoms with van der Waals surface area (Å²) < 4.78 is 39.3. The first-order valence-corrected chi connectivity index (χ1v) is 6.48. The van der Waals surface area contributed by atoms with Crippen LogP contribution in [0.1, 0.15) is 25.7 Å². The minimum Gasteiger partial charge on any atom is -0.295 e. The highest BCUT2D eigenvalue weighted by Gasteiger charge is 2.40. The number of fused-ring (bicyclic) bond motifs is 2. The lowest BCUT2D eigenvalue weighted by molar-refractivity contribution is -0.325. The van der Waals surface area contributed by atoms with Crippen molar-refractivity contribution in [2.24, 2.45) is 0 Å². The summed E-state index contributed by atoms with van der Waals surface area (Å²) in [7, 11) is 0. The molecule has 2 aliphatic heterocycles. The highest BCUT2D eigenvalue weighted by atomic mass is 79.9. The summed E-state index contributed by atoms with van der Waals surface area (Å²) in [5, 5.41) is 0. The van der Waals surface area contributed by atoms with Gasteiger partial charge in [0.25, 0.3) is 0 Å². The molecule has 16 heavy (non-hydrogen) atoms. The van der Waals surface area contributed by atoms with Crippen molar-refractivity contribution in [1.82, 2.24) is 4.90 Å². The van der Waals surface area contributed by atoms with Gasteiger partial charge in [-0.3, -0.25) is 9.64 Å². The van der Waals surface area contributed by atoms with Gasteiger partial charge in [-0.2, -0.15) is 0 Å². The van der Waals surface area contributed by atoms with Crippen molar-refractivity contribution >= 4 is 15.9 Å². The van der Waals surface area contributed by atoms with Crippen LogP contribution in [0.15, 0.2) is 0 Å². The van der Waals surface area contributed by atoms with Gasteiger partial charge in [-0.05, 0) is 25.7 Å². The molecule has 2 nitrogen and oxygen atoms in total. The van der Waals surface area contributed by atoms with Crippen LogP contribution in [-0.2, 0) is 4.74 Å². The molecule has 2 unspecified atom stereocenters. The summed E-state index contributed by atoms with van der Waals surface area (Å²) in [6.45, 7) is 0.151. The van der Waals surface area contributed by atoms with E-state index in [0.29, 0.717) is 23.5 Å². The Kier molecular flexibility index (Phi) is 3.81. The second kappa shape index (κ2) is 4.82. The van der Waals surface area contributed by atoms with E-state index in [2.05, 4.69) is 25.6 Å². The van der Waals surface area contributed by atoms with Crippen molar-refractivity contribution in [2.45, 2.75) is 49.0 Å². The second-order valence-electron chi connectivity index (χ2n) is 4.49. The van der Waals surface area contributed by atoms with Gasteiger partial charge in [0, 0.05) is 23.5 Å². The fourth-order valence-corrected chi connectivity index (χ4v) is 3.70. The molecule has 2 fully saturated rings. The molecule has 0 radical (unpaired) electrons. The number of alkyl halides is 4. The van der Waals surface area contributed by atoms with Gasteiger partial charge >= 0.3 is 6.36 Å². The van der Waals surface area contributed by atoms with Crippen LogP contribution in [-0.4, -0.2) is 41.3 Å². The van der Waals surface area contributed by atoms with Crippen molar-refractivity contribution in [3.63, 3.8) is 0 Å². The molecule has 0 spiro atoms. The van der Waals surface area contributed by atoms with Gasteiger partial charge in [0.2, 0.25) is 0 Å². The van der Waals surface area contributed by atoms with Crippen LogP contribution in [0.25, 0.3) is 0 Å². The molecule has 0 amide bonds. The van der Waals surface area contributed by atoms with E-state index in [1.54, 1.807) is 0 Å². The monoisotopic (exact) mass is 301 g/mol. The number of piperidine rings is 1. The van der Waals surface area contributed by atoms with E-state index in [9.17, 15) is 13.2 Å². The van der Waals surface area contributed by atoms with Crippen LogP contribution >= 0.6 is 15.9 Å². The van der Waals surface area contributed by atoms with Crippen molar-refractivity contribution < 1.29 is 17.9 Å². The largest absolute Gasteiger partial charge is 0.522 e. The predicted molar refractivity (Wildman–Crippen MR) is 57.5 cm³/mol. The maximum atomic E-state index is 11.8. The van der Waals surface area contributed by atoms with E-state index in [-0.39, 0.29) is 6.61 Å². The fraction of sp³-hybridized carbons (Fsp3) is 1.00. The molecule has 0 saturated carbocycles. The molecule has 2 bridgehead atoms. The van der Waals surface area contributed by atoms with E-state index in [0.717, 1.165) is 25.7 Å². The number of halogens is 4. The number of hydrogen-bond donors (Lipinski definition) is 0. The Balaban J connectivity index is 1.79. The first-order valence-electron chi connectivity index (χ1n) is 5.56. The Labute approximate surface area is 101 Å². The molecular formula is C10H15BrF3NO. The van der Waals surface area contributed by atoms with E-state index in [1.165, 1.54) is 0 Å². The molecule has 0 N–H and O–H groups in total. The Bertz CT molecular complexity index is 235. The van der Waals surface area contributed by atoms with Crippen LogP contribution in [0.4, 0.5) is 13.2 Å². The molecule has 0 aliphatic carbocycles. The number of hydrogen-bond acceptors (Lipinski definition) is 2. The molecule has 2 atom stereocenters. The quantitative estimate of drug-likeness (QED) is 0.743. The standard InChI is InChI=1S/C10H15BrF3NO/c11-7-5-8-1-2-9(6-7)15(8)3-4-16-10(12,13)14/h7-9H,1-6H2. The third-order valence-corrected chi connectivity index (χ3v) is 4.19. The topological polar surface area (TPSA) is 12.5 Å². The van der Waals surface area contributed by atoms with E-state index < -0.39 is 6.36 Å². The van der Waals surface area contributed by atoms with Gasteiger partial charge in [-0.15, -0.1) is 13.2 Å². The molecule has 0 aromatic carbocycles. The highest BCUT2D eigenvalue weighted by molar-refractivity contribution is 9.09. The zero-order valence-electron chi connectivity index (χ0n) is 8.84. The summed E-state index contributed by atoms with van der Waals surface area (Å²) in [5.74, 6) is 0. The summed E-state index contributed by atoms with van der Waals surface area (Å²) in [6, 6.07) is 0.889. The SMILES string of the molecule is FC(F)(F)OCCN1C2CCC1CC(Br)C2. The Morgan fingerprint density at radius 1 is 1.19 bits per heavy atom. The zero-order chi connectivity index (χ0) is 11.8. The average molecular weight is 302 g/mol. The summed E-state index contributed by atoms with van der Waals surface area (Å²) in [4.78, 5) is 2.72.